The number of fused-ring (bicyclic) bond motifs is 2. The van der Waals surface area contributed by atoms with Gasteiger partial charge in [-0.2, -0.15) is 0 Å². The van der Waals surface area contributed by atoms with Gasteiger partial charge in [-0.15, -0.1) is 0 Å². The highest BCUT2D eigenvalue weighted by Gasteiger charge is 2.35. The molecule has 0 radical (unpaired) electrons. The number of aliphatic hydroxyl groups excluding tert-OH is 3. The zero-order valence-electron chi connectivity index (χ0n) is 15.2. The van der Waals surface area contributed by atoms with Crippen molar-refractivity contribution >= 4 is 23.3 Å². The molecule has 0 unspecified atom stereocenters. The molecule has 0 saturated carbocycles. The molecule has 1 aliphatic carbocycles. The molecule has 1 aliphatic rings. The van der Waals surface area contributed by atoms with Gasteiger partial charge in [-0.25, -0.2) is 0 Å². The Labute approximate surface area is 164 Å². The molecular weight excluding hydrogens is 384 g/mol. The zero-order chi connectivity index (χ0) is 21.2. The summed E-state index contributed by atoms with van der Waals surface area (Å²) in [7, 11) is 0. The van der Waals surface area contributed by atoms with E-state index in [2.05, 4.69) is 0 Å². The number of aliphatic hydroxyl groups is 3. The van der Waals surface area contributed by atoms with Crippen LogP contribution in [0.3, 0.4) is 0 Å². The van der Waals surface area contributed by atoms with E-state index in [9.17, 15) is 34.5 Å². The molecule has 3 rings (SSSR count). The maximum absolute atomic E-state index is 12.5. The number of hydrogen-bond donors (Lipinski definition) is 3. The summed E-state index contributed by atoms with van der Waals surface area (Å²) in [5.41, 5.74) is -1.10. The second-order valence-corrected chi connectivity index (χ2v) is 6.79. The summed E-state index contributed by atoms with van der Waals surface area (Å²) < 4.78 is 10.1. The standard InChI is InChI=1S/C20H18O9/c21-7-20(8-22,9-23)10-28-16(25)6-14(24)15-5-13-17(26)11-3-1-2-4-12(11)18(27)19(13)29-15/h1-5,21-23H,6-10H2. The summed E-state index contributed by atoms with van der Waals surface area (Å²) in [5, 5.41) is 27.6. The first-order valence-electron chi connectivity index (χ1n) is 8.69. The fraction of sp³-hybridized carbons (Fsp3) is 0.300. The lowest BCUT2D eigenvalue weighted by molar-refractivity contribution is -0.150. The minimum atomic E-state index is -1.42. The van der Waals surface area contributed by atoms with E-state index in [4.69, 9.17) is 9.15 Å². The number of carbonyl (C=O) groups excluding carboxylic acids is 4. The molecule has 9 nitrogen and oxygen atoms in total. The number of hydrogen-bond acceptors (Lipinski definition) is 9. The van der Waals surface area contributed by atoms with E-state index in [-0.39, 0.29) is 28.2 Å². The van der Waals surface area contributed by atoms with Crippen LogP contribution in [0.1, 0.15) is 49.0 Å². The van der Waals surface area contributed by atoms with Crippen molar-refractivity contribution in [3.63, 3.8) is 0 Å². The first-order chi connectivity index (χ1) is 13.9. The summed E-state index contributed by atoms with van der Waals surface area (Å²) in [6.07, 6.45) is -0.750. The summed E-state index contributed by atoms with van der Waals surface area (Å²) >= 11 is 0. The molecule has 0 aliphatic heterocycles. The summed E-state index contributed by atoms with van der Waals surface area (Å²) in [6.45, 7) is -2.38. The van der Waals surface area contributed by atoms with E-state index in [0.717, 1.165) is 6.07 Å². The zero-order valence-corrected chi connectivity index (χ0v) is 15.2. The molecule has 29 heavy (non-hydrogen) atoms. The third kappa shape index (κ3) is 3.75. The highest BCUT2D eigenvalue weighted by Crippen LogP contribution is 2.30. The largest absolute Gasteiger partial charge is 0.464 e. The molecule has 0 spiro atoms. The number of rotatable bonds is 8. The number of benzene rings is 1. The first kappa shape index (κ1) is 20.6. The van der Waals surface area contributed by atoms with Gasteiger partial charge in [-0.1, -0.05) is 24.3 Å². The molecule has 3 N–H and O–H groups in total. The molecule has 152 valence electrons. The van der Waals surface area contributed by atoms with Gasteiger partial charge in [0.25, 0.3) is 0 Å². The molecule has 1 aromatic heterocycles. The van der Waals surface area contributed by atoms with Crippen molar-refractivity contribution in [2.45, 2.75) is 6.42 Å². The van der Waals surface area contributed by atoms with Crippen LogP contribution in [0.4, 0.5) is 0 Å². The van der Waals surface area contributed by atoms with Gasteiger partial charge in [0.2, 0.25) is 11.6 Å². The smallest absolute Gasteiger partial charge is 0.313 e. The fourth-order valence-electron chi connectivity index (χ4n) is 2.80. The van der Waals surface area contributed by atoms with Crippen molar-refractivity contribution in [1.82, 2.24) is 0 Å². The summed E-state index contributed by atoms with van der Waals surface area (Å²) in [4.78, 5) is 49.3. The number of furan rings is 1. The Morgan fingerprint density at radius 3 is 2.10 bits per heavy atom. The maximum atomic E-state index is 12.5. The SMILES string of the molecule is O=C(CC(=O)c1cc2c(o1)C(=O)c1ccccc1C2=O)OCC(CO)(CO)CO. The second kappa shape index (κ2) is 8.08. The van der Waals surface area contributed by atoms with E-state index in [1.54, 1.807) is 12.1 Å². The van der Waals surface area contributed by atoms with E-state index >= 15 is 0 Å². The minimum Gasteiger partial charge on any atom is -0.464 e. The molecule has 0 saturated heterocycles. The third-order valence-corrected chi connectivity index (χ3v) is 4.72. The van der Waals surface area contributed by atoms with Crippen molar-refractivity contribution in [3.05, 3.63) is 58.5 Å². The lowest BCUT2D eigenvalue weighted by Crippen LogP contribution is -2.39. The van der Waals surface area contributed by atoms with Crippen molar-refractivity contribution in [3.8, 4) is 0 Å². The van der Waals surface area contributed by atoms with Crippen molar-refractivity contribution in [1.29, 1.82) is 0 Å². The van der Waals surface area contributed by atoms with Gasteiger partial charge in [0, 0.05) is 11.1 Å². The lowest BCUT2D eigenvalue weighted by Gasteiger charge is -2.26. The fourth-order valence-corrected chi connectivity index (χ4v) is 2.80. The highest BCUT2D eigenvalue weighted by molar-refractivity contribution is 6.28. The maximum Gasteiger partial charge on any atom is 0.313 e. The van der Waals surface area contributed by atoms with Crippen molar-refractivity contribution < 1.29 is 43.7 Å². The predicted octanol–water partition coefficient (Wildman–Crippen LogP) is 0.134. The molecule has 1 aromatic carbocycles. The number of Topliss-reactive ketones (excluding diaryl/α,β-unsaturated/α-hetero) is 1. The van der Waals surface area contributed by atoms with E-state index in [1.165, 1.54) is 12.1 Å². The van der Waals surface area contributed by atoms with Crippen LogP contribution < -0.4 is 0 Å². The quantitative estimate of drug-likeness (QED) is 0.271. The van der Waals surface area contributed by atoms with Crippen LogP contribution in [0.2, 0.25) is 0 Å². The average Bonchev–Trinajstić information content (AvgIpc) is 3.20. The van der Waals surface area contributed by atoms with Gasteiger partial charge in [-0.05, 0) is 6.07 Å². The minimum absolute atomic E-state index is 0.0507. The number of esters is 1. The Morgan fingerprint density at radius 1 is 0.931 bits per heavy atom. The van der Waals surface area contributed by atoms with Gasteiger partial charge in [0.05, 0.1) is 30.8 Å². The van der Waals surface area contributed by atoms with Gasteiger partial charge < -0.3 is 24.5 Å². The number of carbonyl (C=O) groups is 4. The van der Waals surface area contributed by atoms with Crippen LogP contribution in [0.25, 0.3) is 0 Å². The molecule has 0 atom stereocenters. The van der Waals surface area contributed by atoms with Crippen LogP contribution >= 0.6 is 0 Å². The molecule has 9 heteroatoms. The van der Waals surface area contributed by atoms with Gasteiger partial charge >= 0.3 is 5.97 Å². The monoisotopic (exact) mass is 402 g/mol. The topological polar surface area (TPSA) is 151 Å². The third-order valence-electron chi connectivity index (χ3n) is 4.72. The van der Waals surface area contributed by atoms with E-state index in [1.807, 2.05) is 0 Å². The molecular formula is C20H18O9. The Balaban J connectivity index is 1.73. The summed E-state index contributed by atoms with van der Waals surface area (Å²) in [6, 6.07) is 7.32. The van der Waals surface area contributed by atoms with E-state index in [0.29, 0.717) is 0 Å². The molecule has 0 fully saturated rings. The predicted molar refractivity (Wildman–Crippen MR) is 95.6 cm³/mol. The van der Waals surface area contributed by atoms with Crippen molar-refractivity contribution in [2.24, 2.45) is 5.41 Å². The molecule has 1 heterocycles. The summed E-state index contributed by atoms with van der Waals surface area (Å²) in [5.74, 6) is -3.37. The van der Waals surface area contributed by atoms with Crippen LogP contribution in [-0.4, -0.2) is 65.1 Å². The number of ether oxygens (including phenoxy) is 1. The molecule has 2 aromatic rings. The molecule has 0 amide bonds. The van der Waals surface area contributed by atoms with Crippen LogP contribution in [0.15, 0.2) is 34.7 Å². The van der Waals surface area contributed by atoms with E-state index < -0.39 is 61.6 Å². The Morgan fingerprint density at radius 2 is 1.52 bits per heavy atom. The normalized spacial score (nSPS) is 13.1. The Hall–Kier alpha value is -3.14. The second-order valence-electron chi connectivity index (χ2n) is 6.79. The number of ketones is 3. The lowest BCUT2D eigenvalue weighted by atomic mass is 9.88. The van der Waals surface area contributed by atoms with Gasteiger partial charge in [0.15, 0.2) is 17.3 Å². The van der Waals surface area contributed by atoms with Gasteiger partial charge in [0.1, 0.15) is 13.0 Å². The van der Waals surface area contributed by atoms with Crippen LogP contribution in [0.5, 0.6) is 0 Å². The Bertz CT molecular complexity index is 921. The molecule has 0 bridgehead atoms. The van der Waals surface area contributed by atoms with Crippen LogP contribution in [-0.2, 0) is 9.53 Å². The van der Waals surface area contributed by atoms with Crippen molar-refractivity contribution in [2.75, 3.05) is 26.4 Å². The highest BCUT2D eigenvalue weighted by atomic mass is 16.5. The Kier molecular flexibility index (Phi) is 5.73. The van der Waals surface area contributed by atoms with Crippen LogP contribution in [0, 0.1) is 5.41 Å². The first-order valence-corrected chi connectivity index (χ1v) is 8.69. The average molecular weight is 402 g/mol. The van der Waals surface area contributed by atoms with Gasteiger partial charge in [-0.3, -0.25) is 19.2 Å².